The lowest BCUT2D eigenvalue weighted by atomic mass is 9.89. The number of fused-ring (bicyclic) bond motifs is 2. The Balaban J connectivity index is 1.90. The lowest BCUT2D eigenvalue weighted by Crippen LogP contribution is -2.15. The monoisotopic (exact) mass is 238 g/mol. The van der Waals surface area contributed by atoms with Crippen LogP contribution in [-0.2, 0) is 6.54 Å². The van der Waals surface area contributed by atoms with E-state index in [1.54, 1.807) is 0 Å². The molecule has 1 aromatic carbocycles. The number of rotatable bonds is 1. The van der Waals surface area contributed by atoms with E-state index in [0.717, 1.165) is 12.1 Å². The van der Waals surface area contributed by atoms with Crippen LogP contribution in [0.3, 0.4) is 0 Å². The maximum atomic E-state index is 5.66. The Kier molecular flexibility index (Phi) is 2.06. The number of imidazole rings is 1. The summed E-state index contributed by atoms with van der Waals surface area (Å²) in [4.78, 5) is 4.28. The van der Waals surface area contributed by atoms with Crippen LogP contribution in [0, 0.1) is 0 Å². The molecular weight excluding hydrogens is 224 g/mol. The van der Waals surface area contributed by atoms with E-state index in [4.69, 9.17) is 4.42 Å². The van der Waals surface area contributed by atoms with E-state index < -0.39 is 0 Å². The van der Waals surface area contributed by atoms with Gasteiger partial charge >= 0.3 is 0 Å². The highest BCUT2D eigenvalue weighted by molar-refractivity contribution is 5.81. The van der Waals surface area contributed by atoms with Crippen LogP contribution in [0.4, 0.5) is 0 Å². The Morgan fingerprint density at radius 2 is 2.22 bits per heavy atom. The van der Waals surface area contributed by atoms with E-state index in [1.807, 2.05) is 30.9 Å². The van der Waals surface area contributed by atoms with Gasteiger partial charge in [0.05, 0.1) is 12.6 Å². The molecule has 3 heteroatoms. The van der Waals surface area contributed by atoms with Gasteiger partial charge in [0.25, 0.3) is 0 Å². The molecule has 3 heterocycles. The first-order valence-electron chi connectivity index (χ1n) is 6.39. The smallest absolute Gasteiger partial charge is 0.134 e. The van der Waals surface area contributed by atoms with Gasteiger partial charge in [0.15, 0.2) is 0 Å². The molecule has 3 nitrogen and oxygen atoms in total. The first-order chi connectivity index (χ1) is 8.93. The molecule has 18 heavy (non-hydrogen) atoms. The summed E-state index contributed by atoms with van der Waals surface area (Å²) >= 11 is 0. The van der Waals surface area contributed by atoms with E-state index >= 15 is 0 Å². The Morgan fingerprint density at radius 1 is 1.28 bits per heavy atom. The number of aryl methyl sites for hydroxylation is 1. The molecule has 1 aliphatic heterocycles. The van der Waals surface area contributed by atoms with Crippen molar-refractivity contribution in [2.75, 3.05) is 0 Å². The van der Waals surface area contributed by atoms with Gasteiger partial charge in [-0.1, -0.05) is 18.2 Å². The molecule has 0 saturated carbocycles. The quantitative estimate of drug-likeness (QED) is 0.649. The summed E-state index contributed by atoms with van der Waals surface area (Å²) in [6, 6.07) is 8.25. The largest absolute Gasteiger partial charge is 0.464 e. The molecule has 0 amide bonds. The molecule has 90 valence electrons. The molecule has 0 aliphatic carbocycles. The molecule has 0 saturated heterocycles. The fourth-order valence-corrected chi connectivity index (χ4v) is 3.00. The van der Waals surface area contributed by atoms with Crippen molar-refractivity contribution in [3.63, 3.8) is 0 Å². The van der Waals surface area contributed by atoms with Gasteiger partial charge in [0.2, 0.25) is 0 Å². The summed E-state index contributed by atoms with van der Waals surface area (Å²) < 4.78 is 7.92. The minimum atomic E-state index is 0.421. The van der Waals surface area contributed by atoms with Gasteiger partial charge < -0.3 is 8.98 Å². The molecule has 3 aromatic rings. The Labute approximate surface area is 105 Å². The molecule has 2 aromatic heterocycles. The molecule has 1 atom stereocenters. The normalized spacial score (nSPS) is 19.0. The lowest BCUT2D eigenvalue weighted by Gasteiger charge is -2.23. The van der Waals surface area contributed by atoms with E-state index in [9.17, 15) is 0 Å². The Morgan fingerprint density at radius 3 is 3.22 bits per heavy atom. The number of benzene rings is 1. The number of aromatic nitrogens is 2. The van der Waals surface area contributed by atoms with Gasteiger partial charge in [-0.25, -0.2) is 4.98 Å². The minimum Gasteiger partial charge on any atom is -0.464 e. The van der Waals surface area contributed by atoms with Crippen molar-refractivity contribution < 1.29 is 4.42 Å². The molecular formula is C15H14N2O. The number of hydrogen-bond donors (Lipinski definition) is 0. The third kappa shape index (κ3) is 1.33. The second-order valence-corrected chi connectivity index (χ2v) is 4.89. The van der Waals surface area contributed by atoms with Gasteiger partial charge in [-0.2, -0.15) is 0 Å². The Hall–Kier alpha value is -2.03. The number of hydrogen-bond acceptors (Lipinski definition) is 2. The third-order valence-corrected chi connectivity index (χ3v) is 3.88. The van der Waals surface area contributed by atoms with E-state index in [1.165, 1.54) is 29.5 Å². The van der Waals surface area contributed by atoms with E-state index in [0.29, 0.717) is 5.92 Å². The van der Waals surface area contributed by atoms with Gasteiger partial charge in [-0.3, -0.25) is 0 Å². The SMILES string of the molecule is c1ccc2c(C3CCCn4cncc43)coc2c1. The van der Waals surface area contributed by atoms with Gasteiger partial charge in [0, 0.05) is 35.3 Å². The molecule has 1 aliphatic rings. The summed E-state index contributed by atoms with van der Waals surface area (Å²) in [7, 11) is 0. The average molecular weight is 238 g/mol. The second kappa shape index (κ2) is 3.73. The highest BCUT2D eigenvalue weighted by Crippen LogP contribution is 2.37. The van der Waals surface area contributed by atoms with Crippen molar-refractivity contribution in [2.24, 2.45) is 0 Å². The standard InChI is InChI=1S/C15H14N2O/c1-2-6-15-12(4-1)13(9-18-15)11-5-3-7-17-10-16-8-14(11)17/h1-2,4,6,8-11H,3,5,7H2. The van der Waals surface area contributed by atoms with Crippen molar-refractivity contribution in [3.8, 4) is 0 Å². The van der Waals surface area contributed by atoms with Crippen LogP contribution >= 0.6 is 0 Å². The minimum absolute atomic E-state index is 0.421. The summed E-state index contributed by atoms with van der Waals surface area (Å²) in [5, 5.41) is 1.23. The molecule has 1 unspecified atom stereocenters. The second-order valence-electron chi connectivity index (χ2n) is 4.89. The van der Waals surface area contributed by atoms with Gasteiger partial charge in [-0.15, -0.1) is 0 Å². The predicted molar refractivity (Wildman–Crippen MR) is 69.5 cm³/mol. The van der Waals surface area contributed by atoms with Crippen LogP contribution < -0.4 is 0 Å². The zero-order valence-corrected chi connectivity index (χ0v) is 10.0. The van der Waals surface area contributed by atoms with Crippen molar-refractivity contribution in [1.29, 1.82) is 0 Å². The number of furan rings is 1. The summed E-state index contributed by atoms with van der Waals surface area (Å²) in [6.45, 7) is 1.08. The maximum Gasteiger partial charge on any atom is 0.134 e. The predicted octanol–water partition coefficient (Wildman–Crippen LogP) is 3.56. The van der Waals surface area contributed by atoms with Crippen LogP contribution in [0.15, 0.2) is 47.5 Å². The topological polar surface area (TPSA) is 31.0 Å². The van der Waals surface area contributed by atoms with Crippen LogP contribution in [0.2, 0.25) is 0 Å². The number of nitrogens with zero attached hydrogens (tertiary/aromatic N) is 2. The molecule has 0 spiro atoms. The van der Waals surface area contributed by atoms with Gasteiger partial charge in [0.1, 0.15) is 5.58 Å². The molecule has 0 N–H and O–H groups in total. The first kappa shape index (κ1) is 9.95. The van der Waals surface area contributed by atoms with Crippen LogP contribution in [-0.4, -0.2) is 9.55 Å². The Bertz CT molecular complexity index is 695. The van der Waals surface area contributed by atoms with Crippen LogP contribution in [0.1, 0.15) is 30.0 Å². The number of para-hydroxylation sites is 1. The van der Waals surface area contributed by atoms with Gasteiger partial charge in [-0.05, 0) is 18.9 Å². The third-order valence-electron chi connectivity index (χ3n) is 3.88. The maximum absolute atomic E-state index is 5.66. The van der Waals surface area contributed by atoms with Crippen molar-refractivity contribution >= 4 is 11.0 Å². The summed E-state index contributed by atoms with van der Waals surface area (Å²) in [6.07, 6.45) is 8.22. The zero-order valence-electron chi connectivity index (χ0n) is 10.0. The highest BCUT2D eigenvalue weighted by atomic mass is 16.3. The summed E-state index contributed by atoms with van der Waals surface area (Å²) in [5.41, 5.74) is 3.59. The van der Waals surface area contributed by atoms with E-state index in [-0.39, 0.29) is 0 Å². The molecule has 0 fully saturated rings. The molecule has 4 rings (SSSR count). The van der Waals surface area contributed by atoms with Crippen molar-refractivity contribution in [1.82, 2.24) is 9.55 Å². The average Bonchev–Trinajstić information content (AvgIpc) is 3.05. The molecule has 0 bridgehead atoms. The summed E-state index contributed by atoms with van der Waals surface area (Å²) in [5.74, 6) is 0.421. The zero-order chi connectivity index (χ0) is 11.9. The first-order valence-corrected chi connectivity index (χ1v) is 6.39. The van der Waals surface area contributed by atoms with Crippen LogP contribution in [0.5, 0.6) is 0 Å². The van der Waals surface area contributed by atoms with Crippen LogP contribution in [0.25, 0.3) is 11.0 Å². The highest BCUT2D eigenvalue weighted by Gasteiger charge is 2.24. The fourth-order valence-electron chi connectivity index (χ4n) is 3.00. The van der Waals surface area contributed by atoms with Crippen molar-refractivity contribution in [2.45, 2.75) is 25.3 Å². The van der Waals surface area contributed by atoms with E-state index in [2.05, 4.69) is 21.7 Å². The molecule has 0 radical (unpaired) electrons. The van der Waals surface area contributed by atoms with Crippen molar-refractivity contribution in [3.05, 3.63) is 54.3 Å². The fraction of sp³-hybridized carbons (Fsp3) is 0.267. The lowest BCUT2D eigenvalue weighted by molar-refractivity contribution is 0.488.